The summed E-state index contributed by atoms with van der Waals surface area (Å²) >= 11 is 11.7. The van der Waals surface area contributed by atoms with Gasteiger partial charge in [-0.25, -0.2) is 0 Å². The summed E-state index contributed by atoms with van der Waals surface area (Å²) < 4.78 is 5.18. The molecular weight excluding hydrogens is 247 g/mol. The molecule has 0 amide bonds. The van der Waals surface area contributed by atoms with Crippen LogP contribution in [0, 0.1) is 0 Å². The first kappa shape index (κ1) is 13.8. The number of methoxy groups -OCH3 is 1. The first-order chi connectivity index (χ1) is 7.58. The molecule has 0 bridgehead atoms. The summed E-state index contributed by atoms with van der Waals surface area (Å²) in [6.45, 7) is 1.98. The molecule has 16 heavy (non-hydrogen) atoms. The maximum absolute atomic E-state index is 9.92. The third-order valence-electron chi connectivity index (χ3n) is 2.56. The second kappa shape index (κ2) is 6.45. The number of rotatable bonds is 5. The van der Waals surface area contributed by atoms with Gasteiger partial charge in [-0.05, 0) is 24.1 Å². The number of hydrogen-bond donors (Lipinski definition) is 1. The molecule has 0 saturated heterocycles. The maximum atomic E-state index is 9.92. The van der Waals surface area contributed by atoms with Crippen LogP contribution in [0.4, 0.5) is 0 Å². The SMILES string of the molecule is CCC(OC)C(O)Cc1ccc(Cl)c(Cl)c1. The van der Waals surface area contributed by atoms with Crippen LogP contribution in [0.2, 0.25) is 10.0 Å². The van der Waals surface area contributed by atoms with Crippen LogP contribution in [0.1, 0.15) is 18.9 Å². The van der Waals surface area contributed by atoms with Gasteiger partial charge in [0.05, 0.1) is 22.3 Å². The second-order valence-corrected chi connectivity index (χ2v) is 4.52. The molecule has 2 nitrogen and oxygen atoms in total. The molecule has 1 N–H and O–H groups in total. The van der Waals surface area contributed by atoms with Gasteiger partial charge in [-0.3, -0.25) is 0 Å². The molecular formula is C12H16Cl2O2. The summed E-state index contributed by atoms with van der Waals surface area (Å²) in [5.74, 6) is 0. The Bertz CT molecular complexity index is 338. The van der Waals surface area contributed by atoms with Crippen molar-refractivity contribution < 1.29 is 9.84 Å². The highest BCUT2D eigenvalue weighted by Gasteiger charge is 2.17. The van der Waals surface area contributed by atoms with Crippen molar-refractivity contribution >= 4 is 23.2 Å². The van der Waals surface area contributed by atoms with E-state index in [-0.39, 0.29) is 6.10 Å². The van der Waals surface area contributed by atoms with Crippen molar-refractivity contribution in [3.8, 4) is 0 Å². The predicted molar refractivity (Wildman–Crippen MR) is 67.3 cm³/mol. The van der Waals surface area contributed by atoms with Gasteiger partial charge in [-0.2, -0.15) is 0 Å². The van der Waals surface area contributed by atoms with Gasteiger partial charge in [0, 0.05) is 13.5 Å². The fourth-order valence-corrected chi connectivity index (χ4v) is 1.96. The van der Waals surface area contributed by atoms with Crippen molar-refractivity contribution in [2.45, 2.75) is 32.0 Å². The fourth-order valence-electron chi connectivity index (χ4n) is 1.64. The first-order valence-corrected chi connectivity index (χ1v) is 5.98. The highest BCUT2D eigenvalue weighted by molar-refractivity contribution is 6.42. The van der Waals surface area contributed by atoms with E-state index in [1.165, 1.54) is 0 Å². The molecule has 0 aliphatic carbocycles. The minimum Gasteiger partial charge on any atom is -0.390 e. The van der Waals surface area contributed by atoms with E-state index in [9.17, 15) is 5.11 Å². The van der Waals surface area contributed by atoms with Crippen molar-refractivity contribution in [1.29, 1.82) is 0 Å². The summed E-state index contributed by atoms with van der Waals surface area (Å²) in [4.78, 5) is 0. The lowest BCUT2D eigenvalue weighted by atomic mass is 10.0. The number of hydrogen-bond acceptors (Lipinski definition) is 2. The monoisotopic (exact) mass is 262 g/mol. The Morgan fingerprint density at radius 3 is 2.50 bits per heavy atom. The third kappa shape index (κ3) is 3.63. The number of aliphatic hydroxyl groups excluding tert-OH is 1. The molecule has 0 aliphatic heterocycles. The van der Waals surface area contributed by atoms with E-state index in [2.05, 4.69) is 0 Å². The number of halogens is 2. The van der Waals surface area contributed by atoms with Crippen LogP contribution >= 0.6 is 23.2 Å². The smallest absolute Gasteiger partial charge is 0.0841 e. The van der Waals surface area contributed by atoms with Crippen LogP contribution in [-0.2, 0) is 11.2 Å². The van der Waals surface area contributed by atoms with Crippen LogP contribution in [-0.4, -0.2) is 24.4 Å². The summed E-state index contributed by atoms with van der Waals surface area (Å²) in [6.07, 6.45) is 0.629. The first-order valence-electron chi connectivity index (χ1n) is 5.23. The zero-order chi connectivity index (χ0) is 12.1. The molecule has 0 spiro atoms. The lowest BCUT2D eigenvalue weighted by molar-refractivity contribution is -0.0128. The second-order valence-electron chi connectivity index (χ2n) is 3.70. The Morgan fingerprint density at radius 1 is 1.31 bits per heavy atom. The molecule has 90 valence electrons. The third-order valence-corrected chi connectivity index (χ3v) is 3.30. The van der Waals surface area contributed by atoms with E-state index in [1.807, 2.05) is 13.0 Å². The highest BCUT2D eigenvalue weighted by atomic mass is 35.5. The molecule has 0 aromatic heterocycles. The Hall–Kier alpha value is -0.280. The zero-order valence-electron chi connectivity index (χ0n) is 9.41. The van der Waals surface area contributed by atoms with Gasteiger partial charge in [-0.1, -0.05) is 36.2 Å². The van der Waals surface area contributed by atoms with Gasteiger partial charge in [0.2, 0.25) is 0 Å². The van der Waals surface area contributed by atoms with Crippen LogP contribution in [0.25, 0.3) is 0 Å². The van der Waals surface area contributed by atoms with Crippen molar-refractivity contribution in [3.63, 3.8) is 0 Å². The largest absolute Gasteiger partial charge is 0.390 e. The quantitative estimate of drug-likeness (QED) is 0.883. The van der Waals surface area contributed by atoms with Crippen LogP contribution in [0.3, 0.4) is 0 Å². The van der Waals surface area contributed by atoms with Gasteiger partial charge >= 0.3 is 0 Å². The fraction of sp³-hybridized carbons (Fsp3) is 0.500. The minimum atomic E-state index is -0.521. The molecule has 1 aromatic rings. The molecule has 2 atom stereocenters. The van der Waals surface area contributed by atoms with E-state index in [0.717, 1.165) is 12.0 Å². The van der Waals surface area contributed by atoms with Crippen LogP contribution < -0.4 is 0 Å². The van der Waals surface area contributed by atoms with Gasteiger partial charge in [0.25, 0.3) is 0 Å². The highest BCUT2D eigenvalue weighted by Crippen LogP contribution is 2.23. The normalized spacial score (nSPS) is 14.8. The summed E-state index contributed by atoms with van der Waals surface area (Å²) in [5.41, 5.74) is 0.956. The maximum Gasteiger partial charge on any atom is 0.0841 e. The van der Waals surface area contributed by atoms with E-state index >= 15 is 0 Å². The Morgan fingerprint density at radius 2 is 2.00 bits per heavy atom. The molecule has 0 fully saturated rings. The van der Waals surface area contributed by atoms with E-state index in [4.69, 9.17) is 27.9 Å². The minimum absolute atomic E-state index is 0.144. The summed E-state index contributed by atoms with van der Waals surface area (Å²) in [6, 6.07) is 5.37. The topological polar surface area (TPSA) is 29.5 Å². The molecule has 1 rings (SSSR count). The molecule has 0 saturated carbocycles. The Kier molecular flexibility index (Phi) is 5.56. The number of benzene rings is 1. The van der Waals surface area contributed by atoms with Gasteiger partial charge < -0.3 is 9.84 Å². The Labute approximate surface area is 106 Å². The van der Waals surface area contributed by atoms with Crippen molar-refractivity contribution in [2.24, 2.45) is 0 Å². The molecule has 0 heterocycles. The van der Waals surface area contributed by atoms with Crippen molar-refractivity contribution in [3.05, 3.63) is 33.8 Å². The predicted octanol–water partition coefficient (Wildman–Crippen LogP) is 3.32. The summed E-state index contributed by atoms with van der Waals surface area (Å²) in [7, 11) is 1.60. The zero-order valence-corrected chi connectivity index (χ0v) is 10.9. The Balaban J connectivity index is 2.69. The van der Waals surface area contributed by atoms with E-state index in [1.54, 1.807) is 19.2 Å². The molecule has 4 heteroatoms. The van der Waals surface area contributed by atoms with Gasteiger partial charge in [0.15, 0.2) is 0 Å². The standard InChI is InChI=1S/C12H16Cl2O2/c1-3-12(16-2)11(15)7-8-4-5-9(13)10(14)6-8/h4-6,11-12,15H,3,7H2,1-2H3. The van der Waals surface area contributed by atoms with E-state index in [0.29, 0.717) is 16.5 Å². The average molecular weight is 263 g/mol. The van der Waals surface area contributed by atoms with Crippen LogP contribution in [0.5, 0.6) is 0 Å². The van der Waals surface area contributed by atoms with Gasteiger partial charge in [-0.15, -0.1) is 0 Å². The average Bonchev–Trinajstić information content (AvgIpc) is 2.25. The molecule has 1 aromatic carbocycles. The van der Waals surface area contributed by atoms with Crippen LogP contribution in [0.15, 0.2) is 18.2 Å². The molecule has 0 radical (unpaired) electrons. The lowest BCUT2D eigenvalue weighted by Crippen LogP contribution is -2.29. The molecule has 2 unspecified atom stereocenters. The summed E-state index contributed by atoms with van der Waals surface area (Å²) in [5, 5.41) is 11.0. The number of aliphatic hydroxyl groups is 1. The lowest BCUT2D eigenvalue weighted by Gasteiger charge is -2.20. The van der Waals surface area contributed by atoms with Gasteiger partial charge in [0.1, 0.15) is 0 Å². The van der Waals surface area contributed by atoms with Crippen molar-refractivity contribution in [1.82, 2.24) is 0 Å². The van der Waals surface area contributed by atoms with E-state index < -0.39 is 6.10 Å². The molecule has 0 aliphatic rings. The number of ether oxygens (including phenoxy) is 1. The van der Waals surface area contributed by atoms with Crippen molar-refractivity contribution in [2.75, 3.05) is 7.11 Å².